The van der Waals surface area contributed by atoms with E-state index in [0.29, 0.717) is 5.88 Å². The summed E-state index contributed by atoms with van der Waals surface area (Å²) in [5, 5.41) is 6.21. The van der Waals surface area contributed by atoms with Crippen molar-refractivity contribution in [3.63, 3.8) is 0 Å². The second kappa shape index (κ2) is 4.39. The van der Waals surface area contributed by atoms with E-state index in [1.807, 2.05) is 0 Å². The minimum absolute atomic E-state index is 0.626. The van der Waals surface area contributed by atoms with Gasteiger partial charge in [0.2, 0.25) is 0 Å². The smallest absolute Gasteiger partial charge is 0.191 e. The molecule has 1 rings (SSSR count). The van der Waals surface area contributed by atoms with E-state index in [0.717, 1.165) is 32.0 Å². The van der Waals surface area contributed by atoms with Crippen LogP contribution >= 0.6 is 11.6 Å². The molecular weight excluding hydrogens is 150 g/mol. The highest BCUT2D eigenvalue weighted by molar-refractivity contribution is 6.18. The van der Waals surface area contributed by atoms with E-state index in [4.69, 9.17) is 11.6 Å². The van der Waals surface area contributed by atoms with Gasteiger partial charge in [-0.05, 0) is 6.42 Å². The first kappa shape index (κ1) is 7.66. The molecule has 0 unspecified atom stereocenters. The Hall–Kier alpha value is -0.440. The maximum absolute atomic E-state index is 5.48. The summed E-state index contributed by atoms with van der Waals surface area (Å²) in [6.45, 7) is 2.74. The molecule has 0 aromatic rings. The summed E-state index contributed by atoms with van der Waals surface area (Å²) in [6.07, 6.45) is 1.13. The Labute approximate surface area is 65.9 Å². The second-order valence-electron chi connectivity index (χ2n) is 2.13. The number of rotatable bonds is 2. The first-order valence-corrected chi connectivity index (χ1v) is 4.05. The van der Waals surface area contributed by atoms with Gasteiger partial charge in [0, 0.05) is 25.5 Å². The average Bonchev–Trinajstić information content (AvgIpc) is 2.03. The molecule has 0 spiro atoms. The van der Waals surface area contributed by atoms with Crippen LogP contribution in [0.1, 0.15) is 6.42 Å². The lowest BCUT2D eigenvalue weighted by Gasteiger charge is -2.14. The zero-order valence-electron chi connectivity index (χ0n) is 5.86. The summed E-state index contributed by atoms with van der Waals surface area (Å²) in [6, 6.07) is 0. The van der Waals surface area contributed by atoms with Gasteiger partial charge in [0.15, 0.2) is 5.96 Å². The summed E-state index contributed by atoms with van der Waals surface area (Å²) in [7, 11) is 0. The molecule has 10 heavy (non-hydrogen) atoms. The molecule has 0 atom stereocenters. The Morgan fingerprint density at radius 3 is 3.20 bits per heavy atom. The highest BCUT2D eigenvalue weighted by Gasteiger charge is 2.00. The molecule has 0 saturated heterocycles. The zero-order chi connectivity index (χ0) is 7.23. The van der Waals surface area contributed by atoms with Crippen molar-refractivity contribution in [2.45, 2.75) is 6.42 Å². The van der Waals surface area contributed by atoms with E-state index in [1.54, 1.807) is 0 Å². The van der Waals surface area contributed by atoms with Crippen molar-refractivity contribution in [3.05, 3.63) is 0 Å². The Balaban J connectivity index is 2.18. The lowest BCUT2D eigenvalue weighted by Crippen LogP contribution is -2.41. The lowest BCUT2D eigenvalue weighted by atomic mass is 10.4. The summed E-state index contributed by atoms with van der Waals surface area (Å²) < 4.78 is 0. The van der Waals surface area contributed by atoms with Crippen LogP contribution in [0.15, 0.2) is 4.99 Å². The van der Waals surface area contributed by atoms with Crippen LogP contribution in [0, 0.1) is 0 Å². The third-order valence-electron chi connectivity index (χ3n) is 1.28. The fourth-order valence-electron chi connectivity index (χ4n) is 0.817. The van der Waals surface area contributed by atoms with E-state index in [-0.39, 0.29) is 0 Å². The largest absolute Gasteiger partial charge is 0.356 e. The minimum Gasteiger partial charge on any atom is -0.356 e. The Kier molecular flexibility index (Phi) is 3.36. The number of hydrogen-bond acceptors (Lipinski definition) is 3. The zero-order valence-corrected chi connectivity index (χ0v) is 6.62. The van der Waals surface area contributed by atoms with Gasteiger partial charge in [0.1, 0.15) is 0 Å². The Morgan fingerprint density at radius 1 is 1.70 bits per heavy atom. The summed E-state index contributed by atoms with van der Waals surface area (Å²) in [4.78, 5) is 4.20. The van der Waals surface area contributed by atoms with Gasteiger partial charge in [0.25, 0.3) is 0 Å². The van der Waals surface area contributed by atoms with Crippen LogP contribution in [0.2, 0.25) is 0 Å². The number of hydrogen-bond donors (Lipinski definition) is 2. The van der Waals surface area contributed by atoms with Crippen LogP contribution in [0.3, 0.4) is 0 Å². The standard InChI is InChI=1S/C6H12ClN3/c7-2-5-10-6-8-3-1-4-9-6/h1-5H2,(H2,8,9,10). The number of guanidine groups is 1. The van der Waals surface area contributed by atoms with Gasteiger partial charge in [-0.15, -0.1) is 11.6 Å². The van der Waals surface area contributed by atoms with Gasteiger partial charge in [-0.1, -0.05) is 0 Å². The monoisotopic (exact) mass is 161 g/mol. The number of aliphatic imine (C=N–C) groups is 1. The number of nitrogens with one attached hydrogen (secondary N) is 2. The second-order valence-corrected chi connectivity index (χ2v) is 2.50. The molecule has 0 bridgehead atoms. The fraction of sp³-hybridized carbons (Fsp3) is 0.833. The van der Waals surface area contributed by atoms with Crippen LogP contribution in [-0.2, 0) is 0 Å². The molecule has 0 aromatic carbocycles. The van der Waals surface area contributed by atoms with Crippen LogP contribution in [0.25, 0.3) is 0 Å². The van der Waals surface area contributed by atoms with Gasteiger partial charge in [0.05, 0.1) is 0 Å². The molecule has 1 aliphatic rings. The first-order valence-electron chi connectivity index (χ1n) is 3.51. The van der Waals surface area contributed by atoms with E-state index in [2.05, 4.69) is 15.6 Å². The fourth-order valence-corrected chi connectivity index (χ4v) is 0.911. The Bertz CT molecular complexity index is 124. The first-order chi connectivity index (χ1) is 4.93. The van der Waals surface area contributed by atoms with Gasteiger partial charge in [-0.3, -0.25) is 4.99 Å². The molecule has 1 aliphatic heterocycles. The van der Waals surface area contributed by atoms with E-state index in [9.17, 15) is 0 Å². The van der Waals surface area contributed by atoms with Crippen LogP contribution in [-0.4, -0.2) is 31.5 Å². The van der Waals surface area contributed by atoms with Crippen LogP contribution in [0.5, 0.6) is 0 Å². The molecule has 0 aliphatic carbocycles. The van der Waals surface area contributed by atoms with Crippen molar-refractivity contribution >= 4 is 17.6 Å². The topological polar surface area (TPSA) is 36.4 Å². The molecule has 2 N–H and O–H groups in total. The SMILES string of the molecule is ClCCNC1=NCCCN1. The quantitative estimate of drug-likeness (QED) is 0.567. The van der Waals surface area contributed by atoms with Gasteiger partial charge >= 0.3 is 0 Å². The molecule has 0 radical (unpaired) electrons. The number of nitrogens with zero attached hydrogens (tertiary/aromatic N) is 1. The lowest BCUT2D eigenvalue weighted by molar-refractivity contribution is 0.709. The molecule has 0 aromatic heterocycles. The third kappa shape index (κ3) is 2.43. The van der Waals surface area contributed by atoms with Crippen LogP contribution < -0.4 is 10.6 Å². The van der Waals surface area contributed by atoms with E-state index in [1.165, 1.54) is 0 Å². The van der Waals surface area contributed by atoms with Gasteiger partial charge in [-0.2, -0.15) is 0 Å². The maximum atomic E-state index is 5.48. The summed E-state index contributed by atoms with van der Waals surface area (Å²) in [5.41, 5.74) is 0. The predicted molar refractivity (Wildman–Crippen MR) is 43.6 cm³/mol. The molecule has 1 heterocycles. The van der Waals surface area contributed by atoms with Crippen LogP contribution in [0.4, 0.5) is 0 Å². The van der Waals surface area contributed by atoms with Gasteiger partial charge < -0.3 is 10.6 Å². The predicted octanol–water partition coefficient (Wildman–Crippen LogP) is 0.164. The van der Waals surface area contributed by atoms with Gasteiger partial charge in [-0.25, -0.2) is 0 Å². The molecule has 58 valence electrons. The molecule has 0 amide bonds. The average molecular weight is 162 g/mol. The number of halogens is 1. The van der Waals surface area contributed by atoms with E-state index < -0.39 is 0 Å². The van der Waals surface area contributed by atoms with Crippen molar-refractivity contribution < 1.29 is 0 Å². The van der Waals surface area contributed by atoms with E-state index >= 15 is 0 Å². The summed E-state index contributed by atoms with van der Waals surface area (Å²) >= 11 is 5.48. The van der Waals surface area contributed by atoms with Crippen molar-refractivity contribution in [1.29, 1.82) is 0 Å². The maximum Gasteiger partial charge on any atom is 0.191 e. The molecule has 0 fully saturated rings. The minimum atomic E-state index is 0.626. The molecular formula is C6H12ClN3. The number of alkyl halides is 1. The molecule has 3 nitrogen and oxygen atoms in total. The third-order valence-corrected chi connectivity index (χ3v) is 1.47. The highest BCUT2D eigenvalue weighted by Crippen LogP contribution is 1.86. The van der Waals surface area contributed by atoms with Crippen molar-refractivity contribution in [2.75, 3.05) is 25.5 Å². The normalized spacial score (nSPS) is 17.5. The molecule has 0 saturated carbocycles. The molecule has 4 heteroatoms. The Morgan fingerprint density at radius 2 is 2.60 bits per heavy atom. The van der Waals surface area contributed by atoms with Crippen molar-refractivity contribution in [1.82, 2.24) is 10.6 Å². The highest BCUT2D eigenvalue weighted by atomic mass is 35.5. The summed E-state index contributed by atoms with van der Waals surface area (Å²) in [5.74, 6) is 1.52. The van der Waals surface area contributed by atoms with Crippen molar-refractivity contribution in [2.24, 2.45) is 4.99 Å². The van der Waals surface area contributed by atoms with Crippen molar-refractivity contribution in [3.8, 4) is 0 Å².